The molecule has 0 saturated carbocycles. The topological polar surface area (TPSA) is 38.5 Å². The van der Waals surface area contributed by atoms with Gasteiger partial charge in [-0.25, -0.2) is 0 Å². The number of rotatable bonds is 8. The fourth-order valence-electron chi connectivity index (χ4n) is 2.88. The third-order valence-corrected chi connectivity index (χ3v) is 4.40. The SMILES string of the molecule is CCN(CC)C(CN)c1ccc(OCc2ccccc2C)cc1. The van der Waals surface area contributed by atoms with Crippen LogP contribution in [0.3, 0.4) is 0 Å². The van der Waals surface area contributed by atoms with E-state index in [0.717, 1.165) is 18.8 Å². The molecule has 0 amide bonds. The van der Waals surface area contributed by atoms with Crippen LogP contribution in [0.15, 0.2) is 48.5 Å². The number of nitrogens with two attached hydrogens (primary N) is 1. The van der Waals surface area contributed by atoms with Crippen molar-refractivity contribution in [2.24, 2.45) is 5.73 Å². The Kier molecular flexibility index (Phi) is 6.63. The van der Waals surface area contributed by atoms with E-state index in [0.29, 0.717) is 13.2 Å². The molecular weight excluding hydrogens is 284 g/mol. The maximum absolute atomic E-state index is 5.97. The van der Waals surface area contributed by atoms with Crippen LogP contribution in [0.25, 0.3) is 0 Å². The quantitative estimate of drug-likeness (QED) is 0.803. The molecule has 2 aromatic rings. The molecule has 1 atom stereocenters. The zero-order valence-corrected chi connectivity index (χ0v) is 14.5. The number of likely N-dealkylation sites (N-methyl/N-ethyl adjacent to an activating group) is 1. The highest BCUT2D eigenvalue weighted by Crippen LogP contribution is 2.23. The summed E-state index contributed by atoms with van der Waals surface area (Å²) in [5, 5.41) is 0. The lowest BCUT2D eigenvalue weighted by molar-refractivity contribution is 0.224. The van der Waals surface area contributed by atoms with Gasteiger partial charge in [0.25, 0.3) is 0 Å². The molecule has 0 aromatic heterocycles. The standard InChI is InChI=1S/C20H28N2O/c1-4-22(5-2)20(14-21)17-10-12-19(13-11-17)23-15-18-9-7-6-8-16(18)3/h6-13,20H,4-5,14-15,21H2,1-3H3. The van der Waals surface area contributed by atoms with Gasteiger partial charge >= 0.3 is 0 Å². The van der Waals surface area contributed by atoms with Gasteiger partial charge < -0.3 is 10.5 Å². The van der Waals surface area contributed by atoms with Crippen LogP contribution >= 0.6 is 0 Å². The van der Waals surface area contributed by atoms with Gasteiger partial charge in [-0.15, -0.1) is 0 Å². The van der Waals surface area contributed by atoms with Gasteiger partial charge in [0.1, 0.15) is 12.4 Å². The van der Waals surface area contributed by atoms with E-state index < -0.39 is 0 Å². The van der Waals surface area contributed by atoms with Gasteiger partial charge in [0.05, 0.1) is 0 Å². The highest BCUT2D eigenvalue weighted by Gasteiger charge is 2.15. The van der Waals surface area contributed by atoms with Crippen LogP contribution < -0.4 is 10.5 Å². The molecule has 3 heteroatoms. The number of benzene rings is 2. The zero-order valence-electron chi connectivity index (χ0n) is 14.5. The summed E-state index contributed by atoms with van der Waals surface area (Å²) in [6, 6.07) is 16.9. The highest BCUT2D eigenvalue weighted by atomic mass is 16.5. The molecule has 2 rings (SSSR count). The first-order chi connectivity index (χ1) is 11.2. The van der Waals surface area contributed by atoms with Crippen molar-refractivity contribution >= 4 is 0 Å². The van der Waals surface area contributed by atoms with E-state index in [9.17, 15) is 0 Å². The minimum atomic E-state index is 0.274. The summed E-state index contributed by atoms with van der Waals surface area (Å²) in [6.45, 7) is 9.69. The average Bonchev–Trinajstić information content (AvgIpc) is 2.59. The van der Waals surface area contributed by atoms with Gasteiger partial charge in [0.2, 0.25) is 0 Å². The summed E-state index contributed by atoms with van der Waals surface area (Å²) in [6.07, 6.45) is 0. The summed E-state index contributed by atoms with van der Waals surface area (Å²) in [7, 11) is 0. The Morgan fingerprint density at radius 1 is 1.00 bits per heavy atom. The van der Waals surface area contributed by atoms with Crippen molar-refractivity contribution in [3.8, 4) is 5.75 Å². The largest absolute Gasteiger partial charge is 0.489 e. The number of hydrogen-bond donors (Lipinski definition) is 1. The van der Waals surface area contributed by atoms with Crippen LogP contribution in [0.1, 0.15) is 36.6 Å². The molecule has 23 heavy (non-hydrogen) atoms. The van der Waals surface area contributed by atoms with E-state index in [1.165, 1.54) is 16.7 Å². The van der Waals surface area contributed by atoms with Crippen LogP contribution in [0.5, 0.6) is 5.75 Å². The van der Waals surface area contributed by atoms with Crippen molar-refractivity contribution in [2.45, 2.75) is 33.4 Å². The van der Waals surface area contributed by atoms with Gasteiger partial charge in [-0.2, -0.15) is 0 Å². The van der Waals surface area contributed by atoms with Crippen molar-refractivity contribution in [3.63, 3.8) is 0 Å². The van der Waals surface area contributed by atoms with Gasteiger partial charge in [-0.3, -0.25) is 4.90 Å². The van der Waals surface area contributed by atoms with E-state index in [1.807, 2.05) is 24.3 Å². The van der Waals surface area contributed by atoms with Crippen molar-refractivity contribution < 1.29 is 4.74 Å². The molecular formula is C20H28N2O. The summed E-state index contributed by atoms with van der Waals surface area (Å²) >= 11 is 0. The van der Waals surface area contributed by atoms with Crippen molar-refractivity contribution in [1.82, 2.24) is 4.90 Å². The minimum Gasteiger partial charge on any atom is -0.489 e. The predicted octanol–water partition coefficient (Wildman–Crippen LogP) is 3.92. The van der Waals surface area contributed by atoms with E-state index in [1.54, 1.807) is 0 Å². The minimum absolute atomic E-state index is 0.274. The van der Waals surface area contributed by atoms with Crippen molar-refractivity contribution in [2.75, 3.05) is 19.6 Å². The Morgan fingerprint density at radius 2 is 1.65 bits per heavy atom. The summed E-state index contributed by atoms with van der Waals surface area (Å²) < 4.78 is 5.91. The molecule has 2 N–H and O–H groups in total. The number of nitrogens with zero attached hydrogens (tertiary/aromatic N) is 1. The Hall–Kier alpha value is -1.84. The van der Waals surface area contributed by atoms with E-state index in [-0.39, 0.29) is 6.04 Å². The second-order valence-electron chi connectivity index (χ2n) is 5.76. The van der Waals surface area contributed by atoms with Crippen LogP contribution in [-0.4, -0.2) is 24.5 Å². The Morgan fingerprint density at radius 3 is 2.22 bits per heavy atom. The first-order valence-electron chi connectivity index (χ1n) is 8.41. The number of hydrogen-bond acceptors (Lipinski definition) is 3. The zero-order chi connectivity index (χ0) is 16.7. The smallest absolute Gasteiger partial charge is 0.119 e. The van der Waals surface area contributed by atoms with Crippen molar-refractivity contribution in [1.29, 1.82) is 0 Å². The Balaban J connectivity index is 2.03. The van der Waals surface area contributed by atoms with Gasteiger partial charge in [-0.05, 0) is 48.8 Å². The maximum atomic E-state index is 5.97. The summed E-state index contributed by atoms with van der Waals surface area (Å²) in [5.41, 5.74) is 9.70. The first-order valence-corrected chi connectivity index (χ1v) is 8.41. The van der Waals surface area contributed by atoms with Gasteiger partial charge in [0.15, 0.2) is 0 Å². The third-order valence-electron chi connectivity index (χ3n) is 4.40. The van der Waals surface area contributed by atoms with Gasteiger partial charge in [-0.1, -0.05) is 50.2 Å². The second-order valence-corrected chi connectivity index (χ2v) is 5.76. The highest BCUT2D eigenvalue weighted by molar-refractivity contribution is 5.31. The summed E-state index contributed by atoms with van der Waals surface area (Å²) in [4.78, 5) is 2.38. The number of aryl methyl sites for hydroxylation is 1. The average molecular weight is 312 g/mol. The summed E-state index contributed by atoms with van der Waals surface area (Å²) in [5.74, 6) is 0.896. The third kappa shape index (κ3) is 4.57. The lowest BCUT2D eigenvalue weighted by Crippen LogP contribution is -2.33. The van der Waals surface area contributed by atoms with Crippen LogP contribution in [0.4, 0.5) is 0 Å². The molecule has 3 nitrogen and oxygen atoms in total. The van der Waals surface area contributed by atoms with Crippen LogP contribution in [-0.2, 0) is 6.61 Å². The van der Waals surface area contributed by atoms with Crippen LogP contribution in [0, 0.1) is 6.92 Å². The fourth-order valence-corrected chi connectivity index (χ4v) is 2.88. The molecule has 1 unspecified atom stereocenters. The lowest BCUT2D eigenvalue weighted by atomic mass is 10.1. The molecule has 0 aliphatic carbocycles. The Bertz CT molecular complexity index is 591. The Labute approximate surface area is 140 Å². The molecule has 0 heterocycles. The van der Waals surface area contributed by atoms with E-state index >= 15 is 0 Å². The first kappa shape index (κ1) is 17.5. The molecule has 0 bridgehead atoms. The van der Waals surface area contributed by atoms with E-state index in [4.69, 9.17) is 10.5 Å². The van der Waals surface area contributed by atoms with Crippen LogP contribution in [0.2, 0.25) is 0 Å². The molecule has 2 aromatic carbocycles. The second kappa shape index (κ2) is 8.70. The maximum Gasteiger partial charge on any atom is 0.119 e. The molecule has 0 spiro atoms. The van der Waals surface area contributed by atoms with Crippen molar-refractivity contribution in [3.05, 3.63) is 65.2 Å². The molecule has 0 fully saturated rings. The van der Waals surface area contributed by atoms with E-state index in [2.05, 4.69) is 49.9 Å². The fraction of sp³-hybridized carbons (Fsp3) is 0.400. The molecule has 0 radical (unpaired) electrons. The monoisotopic (exact) mass is 312 g/mol. The molecule has 124 valence electrons. The number of ether oxygens (including phenoxy) is 1. The lowest BCUT2D eigenvalue weighted by Gasteiger charge is -2.29. The molecule has 0 aliphatic rings. The van der Waals surface area contributed by atoms with Gasteiger partial charge in [0, 0.05) is 12.6 Å². The molecule has 0 aliphatic heterocycles. The predicted molar refractivity (Wildman–Crippen MR) is 96.7 cm³/mol. The molecule has 0 saturated heterocycles. The normalized spacial score (nSPS) is 12.4.